The quantitative estimate of drug-likeness (QED) is 0.783. The number of ketones is 1. The summed E-state index contributed by atoms with van der Waals surface area (Å²) in [6.07, 6.45) is 3.81. The predicted molar refractivity (Wildman–Crippen MR) is 79.3 cm³/mol. The lowest BCUT2D eigenvalue weighted by Crippen LogP contribution is -2.16. The fourth-order valence-electron chi connectivity index (χ4n) is 4.07. The van der Waals surface area contributed by atoms with Crippen LogP contribution in [-0.4, -0.2) is 12.9 Å². The fourth-order valence-corrected chi connectivity index (χ4v) is 4.07. The molecule has 2 heteroatoms. The van der Waals surface area contributed by atoms with Gasteiger partial charge in [-0.3, -0.25) is 4.79 Å². The maximum Gasteiger partial charge on any atom is 0.133 e. The zero-order valence-electron chi connectivity index (χ0n) is 11.7. The van der Waals surface area contributed by atoms with Gasteiger partial charge in [-0.25, -0.2) is 0 Å². The molecule has 20 heavy (non-hydrogen) atoms. The van der Waals surface area contributed by atoms with Gasteiger partial charge < -0.3 is 4.74 Å². The maximum atomic E-state index is 11.7. The Labute approximate surface area is 118 Å². The van der Waals surface area contributed by atoms with Gasteiger partial charge in [-0.05, 0) is 58.7 Å². The first-order chi connectivity index (χ1) is 9.76. The highest BCUT2D eigenvalue weighted by molar-refractivity contribution is 5.89. The van der Waals surface area contributed by atoms with E-state index in [2.05, 4.69) is 24.3 Å². The Kier molecular flexibility index (Phi) is 2.59. The van der Waals surface area contributed by atoms with Crippen LogP contribution in [0.4, 0.5) is 0 Å². The molecular formula is C18H18O2. The van der Waals surface area contributed by atoms with E-state index >= 15 is 0 Å². The molecule has 2 aromatic carbocycles. The van der Waals surface area contributed by atoms with Crippen LogP contribution in [0.15, 0.2) is 30.3 Å². The molecule has 1 fully saturated rings. The van der Waals surface area contributed by atoms with Crippen LogP contribution in [0.1, 0.15) is 36.3 Å². The van der Waals surface area contributed by atoms with Gasteiger partial charge >= 0.3 is 0 Å². The number of ether oxygens (including phenoxy) is 1. The van der Waals surface area contributed by atoms with Crippen molar-refractivity contribution < 1.29 is 9.53 Å². The number of carbonyl (C=O) groups is 1. The Morgan fingerprint density at radius 1 is 1.15 bits per heavy atom. The summed E-state index contributed by atoms with van der Waals surface area (Å²) in [7, 11) is 1.70. The molecule has 0 bridgehead atoms. The van der Waals surface area contributed by atoms with Crippen LogP contribution < -0.4 is 4.74 Å². The second kappa shape index (κ2) is 4.34. The van der Waals surface area contributed by atoms with Gasteiger partial charge in [0, 0.05) is 12.8 Å². The Morgan fingerprint density at radius 3 is 2.90 bits per heavy atom. The normalized spacial score (nSPS) is 24.6. The van der Waals surface area contributed by atoms with Crippen molar-refractivity contribution in [3.63, 3.8) is 0 Å². The highest BCUT2D eigenvalue weighted by atomic mass is 16.5. The highest BCUT2D eigenvalue weighted by Gasteiger charge is 2.37. The third-order valence-corrected chi connectivity index (χ3v) is 5.05. The lowest BCUT2D eigenvalue weighted by molar-refractivity contribution is -0.117. The highest BCUT2D eigenvalue weighted by Crippen LogP contribution is 2.47. The molecule has 4 rings (SSSR count). The zero-order chi connectivity index (χ0) is 13.7. The lowest BCUT2D eigenvalue weighted by atomic mass is 9.75. The molecule has 2 aliphatic carbocycles. The Hall–Kier alpha value is -1.83. The van der Waals surface area contributed by atoms with Gasteiger partial charge in [-0.1, -0.05) is 18.2 Å². The number of Topliss-reactive ketones (excluding diaryl/α,β-unsaturated/α-hetero) is 1. The summed E-state index contributed by atoms with van der Waals surface area (Å²) >= 11 is 0. The second-order valence-electron chi connectivity index (χ2n) is 6.07. The molecule has 0 spiro atoms. The van der Waals surface area contributed by atoms with Crippen LogP contribution >= 0.6 is 0 Å². The van der Waals surface area contributed by atoms with E-state index in [0.29, 0.717) is 17.6 Å². The van der Waals surface area contributed by atoms with Crippen molar-refractivity contribution in [2.24, 2.45) is 5.92 Å². The largest absolute Gasteiger partial charge is 0.497 e. The first kappa shape index (κ1) is 12.0. The Bertz CT molecular complexity index is 702. The topological polar surface area (TPSA) is 26.3 Å². The Morgan fingerprint density at radius 2 is 2.05 bits per heavy atom. The van der Waals surface area contributed by atoms with Gasteiger partial charge in [0.1, 0.15) is 11.5 Å². The van der Waals surface area contributed by atoms with Gasteiger partial charge in [0.05, 0.1) is 7.11 Å². The molecule has 102 valence electrons. The van der Waals surface area contributed by atoms with Crippen molar-refractivity contribution in [1.29, 1.82) is 0 Å². The van der Waals surface area contributed by atoms with Gasteiger partial charge in [0.2, 0.25) is 0 Å². The van der Waals surface area contributed by atoms with Gasteiger partial charge in [0.25, 0.3) is 0 Å². The number of hydrogen-bond donors (Lipinski definition) is 0. The molecule has 0 amide bonds. The molecule has 0 saturated heterocycles. The molecular weight excluding hydrogens is 248 g/mol. The van der Waals surface area contributed by atoms with Crippen LogP contribution in [0.2, 0.25) is 0 Å². The first-order valence-corrected chi connectivity index (χ1v) is 7.37. The van der Waals surface area contributed by atoms with Crippen molar-refractivity contribution in [2.45, 2.75) is 31.6 Å². The van der Waals surface area contributed by atoms with Crippen molar-refractivity contribution >= 4 is 16.6 Å². The molecule has 2 aliphatic rings. The summed E-state index contributed by atoms with van der Waals surface area (Å²) in [5.74, 6) is 2.41. The van der Waals surface area contributed by atoms with Crippen LogP contribution in [0.3, 0.4) is 0 Å². The van der Waals surface area contributed by atoms with E-state index in [1.165, 1.54) is 21.9 Å². The summed E-state index contributed by atoms with van der Waals surface area (Å²) in [6, 6.07) is 10.7. The number of fused-ring (bicyclic) bond motifs is 5. The van der Waals surface area contributed by atoms with Crippen LogP contribution in [-0.2, 0) is 11.2 Å². The zero-order valence-corrected chi connectivity index (χ0v) is 11.7. The SMILES string of the molecule is COc1ccc2c3c(ccc2c1)C1CC(=O)CC1CC3. The number of rotatable bonds is 1. The van der Waals surface area contributed by atoms with E-state index in [1.54, 1.807) is 7.11 Å². The van der Waals surface area contributed by atoms with Crippen molar-refractivity contribution in [1.82, 2.24) is 0 Å². The number of carbonyl (C=O) groups excluding carboxylic acids is 1. The minimum Gasteiger partial charge on any atom is -0.497 e. The van der Waals surface area contributed by atoms with E-state index in [4.69, 9.17) is 4.74 Å². The number of benzene rings is 2. The van der Waals surface area contributed by atoms with Crippen LogP contribution in [0.25, 0.3) is 10.8 Å². The molecule has 0 radical (unpaired) electrons. The van der Waals surface area contributed by atoms with Crippen LogP contribution in [0.5, 0.6) is 5.75 Å². The molecule has 2 unspecified atom stereocenters. The summed E-state index contributed by atoms with van der Waals surface area (Å²) in [5.41, 5.74) is 2.88. The minimum atomic E-state index is 0.447. The van der Waals surface area contributed by atoms with E-state index < -0.39 is 0 Å². The standard InChI is InChI=1S/C18H18O2/c1-20-14-4-7-15-12(9-14)3-6-17-16(15)5-2-11-8-13(19)10-18(11)17/h3-4,6-7,9,11,18H,2,5,8,10H2,1H3. The molecule has 0 N–H and O–H groups in total. The maximum absolute atomic E-state index is 11.7. The van der Waals surface area contributed by atoms with Gasteiger partial charge in [-0.2, -0.15) is 0 Å². The second-order valence-corrected chi connectivity index (χ2v) is 6.07. The van der Waals surface area contributed by atoms with E-state index in [1.807, 2.05) is 6.07 Å². The molecule has 0 aliphatic heterocycles. The molecule has 1 saturated carbocycles. The van der Waals surface area contributed by atoms with Gasteiger partial charge in [-0.15, -0.1) is 0 Å². The monoisotopic (exact) mass is 266 g/mol. The fraction of sp³-hybridized carbons (Fsp3) is 0.389. The number of hydrogen-bond acceptors (Lipinski definition) is 2. The summed E-state index contributed by atoms with van der Waals surface area (Å²) in [4.78, 5) is 11.7. The molecule has 2 aromatic rings. The smallest absolute Gasteiger partial charge is 0.133 e. The third kappa shape index (κ3) is 1.67. The lowest BCUT2D eigenvalue weighted by Gasteiger charge is -2.28. The van der Waals surface area contributed by atoms with E-state index in [-0.39, 0.29) is 0 Å². The number of aryl methyl sites for hydroxylation is 1. The molecule has 2 nitrogen and oxygen atoms in total. The van der Waals surface area contributed by atoms with Crippen molar-refractivity contribution in [2.75, 3.05) is 7.11 Å². The number of methoxy groups -OCH3 is 1. The summed E-state index contributed by atoms with van der Waals surface area (Å²) in [6.45, 7) is 0. The van der Waals surface area contributed by atoms with Crippen molar-refractivity contribution in [3.8, 4) is 5.75 Å². The average molecular weight is 266 g/mol. The Balaban J connectivity index is 1.88. The minimum absolute atomic E-state index is 0.447. The first-order valence-electron chi connectivity index (χ1n) is 7.37. The summed E-state index contributed by atoms with van der Waals surface area (Å²) < 4.78 is 5.31. The molecule has 0 heterocycles. The van der Waals surface area contributed by atoms with E-state index in [9.17, 15) is 4.79 Å². The van der Waals surface area contributed by atoms with Gasteiger partial charge in [0.15, 0.2) is 0 Å². The van der Waals surface area contributed by atoms with Crippen molar-refractivity contribution in [3.05, 3.63) is 41.5 Å². The summed E-state index contributed by atoms with van der Waals surface area (Å²) in [5, 5.41) is 2.58. The molecule has 0 aromatic heterocycles. The van der Waals surface area contributed by atoms with Crippen LogP contribution in [0, 0.1) is 5.92 Å². The predicted octanol–water partition coefficient (Wildman–Crippen LogP) is 3.86. The third-order valence-electron chi connectivity index (χ3n) is 5.05. The average Bonchev–Trinajstić information content (AvgIpc) is 2.86. The van der Waals surface area contributed by atoms with E-state index in [0.717, 1.165) is 31.4 Å². The molecule has 2 atom stereocenters.